The smallest absolute Gasteiger partial charge is 0.123 e. The lowest BCUT2D eigenvalue weighted by Gasteiger charge is -2.30. The number of rotatable bonds is 2. The van der Waals surface area contributed by atoms with Crippen LogP contribution in [-0.2, 0) is 12.1 Å². The zero-order valence-corrected chi connectivity index (χ0v) is 9.76. The summed E-state index contributed by atoms with van der Waals surface area (Å²) in [5.74, 6) is 0. The van der Waals surface area contributed by atoms with Gasteiger partial charge in [-0.25, -0.2) is 0 Å². The van der Waals surface area contributed by atoms with Crippen molar-refractivity contribution in [3.05, 3.63) is 18.0 Å². The Kier molecular flexibility index (Phi) is 2.30. The molecule has 3 rings (SSSR count). The maximum absolute atomic E-state index is 10.9. The second-order valence-electron chi connectivity index (χ2n) is 4.90. The molecule has 1 N–H and O–H groups in total. The molecule has 1 aromatic heterocycles. The zero-order chi connectivity index (χ0) is 11.2. The summed E-state index contributed by atoms with van der Waals surface area (Å²) < 4.78 is 1.93. The van der Waals surface area contributed by atoms with Crippen LogP contribution in [0.5, 0.6) is 0 Å². The molecule has 3 heterocycles. The van der Waals surface area contributed by atoms with Gasteiger partial charge in [-0.15, -0.1) is 0 Å². The molecule has 0 saturated carbocycles. The topological polar surface area (TPSA) is 41.3 Å². The predicted molar refractivity (Wildman–Crippen MR) is 61.0 cm³/mol. The van der Waals surface area contributed by atoms with Crippen LogP contribution in [0.1, 0.15) is 31.9 Å². The molecular weight excluding hydrogens is 202 g/mol. The van der Waals surface area contributed by atoms with Gasteiger partial charge in [-0.2, -0.15) is 5.10 Å². The number of hydrogen-bond donors (Lipinski definition) is 1. The van der Waals surface area contributed by atoms with E-state index in [1.807, 2.05) is 10.7 Å². The molecule has 0 bridgehead atoms. The van der Waals surface area contributed by atoms with Crippen molar-refractivity contribution in [1.82, 2.24) is 14.7 Å². The van der Waals surface area contributed by atoms with E-state index in [-0.39, 0.29) is 0 Å². The summed E-state index contributed by atoms with van der Waals surface area (Å²) in [6.07, 6.45) is 4.98. The highest BCUT2D eigenvalue weighted by Crippen LogP contribution is 2.42. The molecule has 16 heavy (non-hydrogen) atoms. The molecule has 2 saturated heterocycles. The first kappa shape index (κ1) is 10.3. The third kappa shape index (κ3) is 1.26. The summed E-state index contributed by atoms with van der Waals surface area (Å²) in [6.45, 7) is 5.07. The lowest BCUT2D eigenvalue weighted by Crippen LogP contribution is -2.40. The van der Waals surface area contributed by atoms with Crippen molar-refractivity contribution in [2.24, 2.45) is 0 Å². The summed E-state index contributed by atoms with van der Waals surface area (Å²) in [6, 6.07) is 2.29. The maximum Gasteiger partial charge on any atom is 0.123 e. The Morgan fingerprint density at radius 1 is 1.56 bits per heavy atom. The van der Waals surface area contributed by atoms with Gasteiger partial charge in [-0.3, -0.25) is 9.58 Å². The van der Waals surface area contributed by atoms with Crippen molar-refractivity contribution in [3.8, 4) is 0 Å². The Morgan fingerprint density at radius 3 is 3.25 bits per heavy atom. The monoisotopic (exact) mass is 221 g/mol. The SMILES string of the molecule is CCn1nccc1C1(O)CCN2CCCC21. The van der Waals surface area contributed by atoms with Crippen LogP contribution in [0.2, 0.25) is 0 Å². The van der Waals surface area contributed by atoms with E-state index >= 15 is 0 Å². The van der Waals surface area contributed by atoms with E-state index in [9.17, 15) is 5.11 Å². The van der Waals surface area contributed by atoms with E-state index in [0.29, 0.717) is 6.04 Å². The van der Waals surface area contributed by atoms with Gasteiger partial charge in [-0.1, -0.05) is 0 Å². The quantitative estimate of drug-likeness (QED) is 0.808. The molecule has 2 atom stereocenters. The van der Waals surface area contributed by atoms with Gasteiger partial charge in [0.1, 0.15) is 5.60 Å². The van der Waals surface area contributed by atoms with E-state index in [1.165, 1.54) is 6.42 Å². The molecule has 0 aliphatic carbocycles. The average molecular weight is 221 g/mol. The van der Waals surface area contributed by atoms with Gasteiger partial charge in [0.05, 0.1) is 5.69 Å². The second kappa shape index (κ2) is 3.57. The van der Waals surface area contributed by atoms with Crippen molar-refractivity contribution in [2.75, 3.05) is 13.1 Å². The Bertz CT molecular complexity index is 389. The van der Waals surface area contributed by atoms with E-state index in [4.69, 9.17) is 0 Å². The standard InChI is InChI=1S/C12H19N3O/c1-2-15-11(5-7-13-15)12(16)6-9-14-8-3-4-10(12)14/h5,7,10,16H,2-4,6,8-9H2,1H3. The van der Waals surface area contributed by atoms with E-state index < -0.39 is 5.60 Å². The first-order valence-corrected chi connectivity index (χ1v) is 6.24. The van der Waals surface area contributed by atoms with Gasteiger partial charge in [0, 0.05) is 25.3 Å². The van der Waals surface area contributed by atoms with Crippen LogP contribution >= 0.6 is 0 Å². The molecule has 4 heteroatoms. The highest BCUT2D eigenvalue weighted by Gasteiger charge is 2.50. The molecule has 4 nitrogen and oxygen atoms in total. The molecule has 0 aromatic carbocycles. The Labute approximate surface area is 95.9 Å². The number of aliphatic hydroxyl groups is 1. The molecule has 2 aliphatic heterocycles. The van der Waals surface area contributed by atoms with Gasteiger partial charge < -0.3 is 5.11 Å². The van der Waals surface area contributed by atoms with Crippen LogP contribution in [-0.4, -0.2) is 38.9 Å². The van der Waals surface area contributed by atoms with Crippen molar-refractivity contribution >= 4 is 0 Å². The predicted octanol–water partition coefficient (Wildman–Crippen LogP) is 0.959. The van der Waals surface area contributed by atoms with Crippen molar-refractivity contribution < 1.29 is 5.11 Å². The van der Waals surface area contributed by atoms with Crippen LogP contribution in [0.25, 0.3) is 0 Å². The number of aryl methyl sites for hydroxylation is 1. The van der Waals surface area contributed by atoms with Gasteiger partial charge in [0.2, 0.25) is 0 Å². The number of aromatic nitrogens is 2. The molecule has 1 aromatic rings. The van der Waals surface area contributed by atoms with Gasteiger partial charge in [0.15, 0.2) is 0 Å². The van der Waals surface area contributed by atoms with Crippen molar-refractivity contribution in [2.45, 2.75) is 44.4 Å². The molecule has 88 valence electrons. The van der Waals surface area contributed by atoms with Crippen LogP contribution in [0.4, 0.5) is 0 Å². The number of fused-ring (bicyclic) bond motifs is 1. The van der Waals surface area contributed by atoms with E-state index in [1.54, 1.807) is 6.20 Å². The first-order chi connectivity index (χ1) is 7.75. The number of hydrogen-bond acceptors (Lipinski definition) is 3. The number of nitrogens with zero attached hydrogens (tertiary/aromatic N) is 3. The van der Waals surface area contributed by atoms with E-state index in [0.717, 1.165) is 38.2 Å². The van der Waals surface area contributed by atoms with Crippen LogP contribution in [0, 0.1) is 0 Å². The van der Waals surface area contributed by atoms with Crippen molar-refractivity contribution in [1.29, 1.82) is 0 Å². The normalized spacial score (nSPS) is 34.5. The third-order valence-corrected chi connectivity index (χ3v) is 4.15. The summed E-state index contributed by atoms with van der Waals surface area (Å²) in [4.78, 5) is 2.42. The maximum atomic E-state index is 10.9. The summed E-state index contributed by atoms with van der Waals surface area (Å²) in [7, 11) is 0. The second-order valence-corrected chi connectivity index (χ2v) is 4.90. The van der Waals surface area contributed by atoms with Gasteiger partial charge in [0.25, 0.3) is 0 Å². The molecule has 2 unspecified atom stereocenters. The molecule has 0 amide bonds. The van der Waals surface area contributed by atoms with Gasteiger partial charge >= 0.3 is 0 Å². The molecule has 0 radical (unpaired) electrons. The summed E-state index contributed by atoms with van der Waals surface area (Å²) >= 11 is 0. The average Bonchev–Trinajstić information content (AvgIpc) is 2.96. The summed E-state index contributed by atoms with van der Waals surface area (Å²) in [5.41, 5.74) is 0.340. The Morgan fingerprint density at radius 2 is 2.44 bits per heavy atom. The largest absolute Gasteiger partial charge is 0.382 e. The van der Waals surface area contributed by atoms with Crippen molar-refractivity contribution in [3.63, 3.8) is 0 Å². The zero-order valence-electron chi connectivity index (χ0n) is 9.76. The van der Waals surface area contributed by atoms with E-state index in [2.05, 4.69) is 16.9 Å². The fraction of sp³-hybridized carbons (Fsp3) is 0.750. The lowest BCUT2D eigenvalue weighted by molar-refractivity contribution is 0.00128. The fourth-order valence-electron chi connectivity index (χ4n) is 3.37. The first-order valence-electron chi connectivity index (χ1n) is 6.24. The summed E-state index contributed by atoms with van der Waals surface area (Å²) in [5, 5.41) is 15.2. The van der Waals surface area contributed by atoms with Crippen LogP contribution in [0.3, 0.4) is 0 Å². The van der Waals surface area contributed by atoms with Crippen LogP contribution in [0.15, 0.2) is 12.3 Å². The fourth-order valence-corrected chi connectivity index (χ4v) is 3.37. The minimum absolute atomic E-state index is 0.314. The Hall–Kier alpha value is -0.870. The highest BCUT2D eigenvalue weighted by molar-refractivity contribution is 5.19. The van der Waals surface area contributed by atoms with Gasteiger partial charge in [-0.05, 0) is 38.8 Å². The minimum Gasteiger partial charge on any atom is -0.382 e. The lowest BCUT2D eigenvalue weighted by atomic mass is 9.89. The molecule has 2 aliphatic rings. The molecular formula is C12H19N3O. The third-order valence-electron chi connectivity index (χ3n) is 4.15. The Balaban J connectivity index is 1.98. The molecule has 2 fully saturated rings. The van der Waals surface area contributed by atoms with Crippen LogP contribution < -0.4 is 0 Å². The highest BCUT2D eigenvalue weighted by atomic mass is 16.3. The molecule has 0 spiro atoms. The minimum atomic E-state index is -0.664.